The monoisotopic (exact) mass is 601 g/mol. The zero-order valence-electron chi connectivity index (χ0n) is 24.0. The van der Waals surface area contributed by atoms with Gasteiger partial charge >= 0.3 is 6.09 Å². The van der Waals surface area contributed by atoms with Gasteiger partial charge in [-0.2, -0.15) is 0 Å². The van der Waals surface area contributed by atoms with Crippen molar-refractivity contribution >= 4 is 33.9 Å². The molecule has 13 nitrogen and oxygen atoms in total. The molecule has 234 valence electrons. The van der Waals surface area contributed by atoms with Crippen molar-refractivity contribution in [2.45, 2.75) is 108 Å². The van der Waals surface area contributed by atoms with Gasteiger partial charge in [0.1, 0.15) is 22.8 Å². The normalized spacial score (nSPS) is 24.2. The van der Waals surface area contributed by atoms with E-state index in [4.69, 9.17) is 4.74 Å². The number of ether oxygens (including phenoxy) is 1. The molecule has 3 fully saturated rings. The molecular weight excluding hydrogens is 556 g/mol. The zero-order valence-corrected chi connectivity index (χ0v) is 24.8. The Morgan fingerprint density at radius 2 is 1.83 bits per heavy atom. The third-order valence-corrected chi connectivity index (χ3v) is 9.27. The molecule has 0 bridgehead atoms. The third-order valence-electron chi connectivity index (χ3n) is 8.35. The van der Waals surface area contributed by atoms with Crippen molar-refractivity contribution in [1.29, 1.82) is 0 Å². The molecule has 2 saturated heterocycles. The molecule has 0 aromatic rings. The first-order valence-corrected chi connectivity index (χ1v) is 16.3. The maximum atomic E-state index is 13.2. The van der Waals surface area contributed by atoms with E-state index in [9.17, 15) is 37.3 Å². The van der Waals surface area contributed by atoms with Gasteiger partial charge in [0.2, 0.25) is 17.7 Å². The minimum Gasteiger partial charge on any atom is -0.746 e. The summed E-state index contributed by atoms with van der Waals surface area (Å²) >= 11 is 0. The second kappa shape index (κ2) is 15.1. The van der Waals surface area contributed by atoms with Crippen LogP contribution in [0.2, 0.25) is 0 Å². The summed E-state index contributed by atoms with van der Waals surface area (Å²) in [5.74, 6) is -1.28. The van der Waals surface area contributed by atoms with Crippen LogP contribution in [0.3, 0.4) is 0 Å². The molecular formula is C27H45N4O9S-. The van der Waals surface area contributed by atoms with Gasteiger partial charge in [0, 0.05) is 25.4 Å². The van der Waals surface area contributed by atoms with Gasteiger partial charge in [-0.1, -0.05) is 46.0 Å². The molecule has 1 aliphatic carbocycles. The highest BCUT2D eigenvalue weighted by molar-refractivity contribution is 7.86. The molecule has 2 aliphatic heterocycles. The Kier molecular flexibility index (Phi) is 12.2. The molecule has 1 saturated carbocycles. The van der Waals surface area contributed by atoms with Crippen molar-refractivity contribution in [2.75, 3.05) is 19.7 Å². The van der Waals surface area contributed by atoms with E-state index < -0.39 is 45.6 Å². The SMILES string of the molecule is CC(C)C[C@H](NC(=O)OC[C@@H]1CCC(=O)N1CCC1CCCCC1)C(=O)N[C@@H](C[C@@H]1CCNC1=O)C(O)S(=O)(=O)[O-]. The summed E-state index contributed by atoms with van der Waals surface area (Å²) in [4.78, 5) is 52.1. The van der Waals surface area contributed by atoms with Crippen LogP contribution < -0.4 is 16.0 Å². The number of hydrogen-bond donors (Lipinski definition) is 4. The number of nitrogens with one attached hydrogen (secondary N) is 3. The quantitative estimate of drug-likeness (QED) is 0.210. The number of aliphatic hydroxyl groups is 1. The number of rotatable bonds is 14. The van der Waals surface area contributed by atoms with E-state index in [0.29, 0.717) is 38.3 Å². The number of amides is 4. The molecule has 41 heavy (non-hydrogen) atoms. The van der Waals surface area contributed by atoms with Crippen LogP contribution in [0.4, 0.5) is 4.79 Å². The fourth-order valence-electron chi connectivity index (χ4n) is 6.04. The fraction of sp³-hybridized carbons (Fsp3) is 0.852. The summed E-state index contributed by atoms with van der Waals surface area (Å²) in [6.45, 7) is 4.60. The lowest BCUT2D eigenvalue weighted by Crippen LogP contribution is -2.55. The number of carbonyl (C=O) groups is 4. The number of aliphatic hydroxyl groups excluding tert-OH is 1. The predicted molar refractivity (Wildman–Crippen MR) is 147 cm³/mol. The Morgan fingerprint density at radius 1 is 1.12 bits per heavy atom. The molecule has 4 N–H and O–H groups in total. The van der Waals surface area contributed by atoms with Gasteiger partial charge in [-0.25, -0.2) is 13.2 Å². The average Bonchev–Trinajstić information content (AvgIpc) is 3.48. The zero-order chi connectivity index (χ0) is 30.2. The lowest BCUT2D eigenvalue weighted by atomic mass is 9.87. The Bertz CT molecular complexity index is 1030. The number of nitrogens with zero attached hydrogens (tertiary/aromatic N) is 1. The Hall–Kier alpha value is -2.45. The lowest BCUT2D eigenvalue weighted by molar-refractivity contribution is -0.129. The van der Waals surface area contributed by atoms with E-state index >= 15 is 0 Å². The minimum atomic E-state index is -5.20. The molecule has 1 unspecified atom stereocenters. The molecule has 0 aromatic carbocycles. The van der Waals surface area contributed by atoms with Crippen LogP contribution in [-0.2, 0) is 29.2 Å². The van der Waals surface area contributed by atoms with Crippen LogP contribution in [0, 0.1) is 17.8 Å². The maximum Gasteiger partial charge on any atom is 0.407 e. The van der Waals surface area contributed by atoms with E-state index in [1.54, 1.807) is 4.90 Å². The van der Waals surface area contributed by atoms with Crippen molar-refractivity contribution in [1.82, 2.24) is 20.9 Å². The number of likely N-dealkylation sites (tertiary alicyclic amines) is 1. The van der Waals surface area contributed by atoms with Gasteiger partial charge in [-0.3, -0.25) is 14.4 Å². The first kappa shape index (κ1) is 33.1. The van der Waals surface area contributed by atoms with Crippen molar-refractivity contribution in [3.8, 4) is 0 Å². The maximum absolute atomic E-state index is 13.2. The lowest BCUT2D eigenvalue weighted by Gasteiger charge is -2.30. The van der Waals surface area contributed by atoms with Gasteiger partial charge in [-0.05, 0) is 43.9 Å². The molecule has 5 atom stereocenters. The van der Waals surface area contributed by atoms with Crippen molar-refractivity contribution in [3.05, 3.63) is 0 Å². The minimum absolute atomic E-state index is 0.0230. The van der Waals surface area contributed by atoms with E-state index in [1.165, 1.54) is 32.1 Å². The van der Waals surface area contributed by atoms with Gasteiger partial charge in [-0.15, -0.1) is 0 Å². The predicted octanol–water partition coefficient (Wildman–Crippen LogP) is 0.963. The van der Waals surface area contributed by atoms with Gasteiger partial charge in [0.05, 0.1) is 12.1 Å². The van der Waals surface area contributed by atoms with E-state index in [1.807, 2.05) is 13.8 Å². The second-order valence-electron chi connectivity index (χ2n) is 12.0. The van der Waals surface area contributed by atoms with Crippen LogP contribution in [0.15, 0.2) is 0 Å². The van der Waals surface area contributed by atoms with Crippen molar-refractivity contribution in [3.63, 3.8) is 0 Å². The summed E-state index contributed by atoms with van der Waals surface area (Å²) in [5.41, 5.74) is -2.47. The molecule has 4 amide bonds. The van der Waals surface area contributed by atoms with Crippen LogP contribution in [-0.4, -0.2) is 90.0 Å². The van der Waals surface area contributed by atoms with E-state index in [2.05, 4.69) is 16.0 Å². The van der Waals surface area contributed by atoms with Crippen molar-refractivity contribution < 1.29 is 42.0 Å². The smallest absolute Gasteiger partial charge is 0.407 e. The molecule has 2 heterocycles. The topological polar surface area (TPSA) is 194 Å². The Labute approximate surface area is 242 Å². The molecule has 14 heteroatoms. The number of carbonyl (C=O) groups excluding carboxylic acids is 4. The summed E-state index contributed by atoms with van der Waals surface area (Å²) in [7, 11) is -5.20. The van der Waals surface area contributed by atoms with Gasteiger partial charge in [0.25, 0.3) is 0 Å². The largest absolute Gasteiger partial charge is 0.746 e. The number of hydrogen-bond acceptors (Lipinski definition) is 9. The van der Waals surface area contributed by atoms with Crippen LogP contribution >= 0.6 is 0 Å². The molecule has 0 radical (unpaired) electrons. The molecule has 0 spiro atoms. The Balaban J connectivity index is 1.58. The summed E-state index contributed by atoms with van der Waals surface area (Å²) in [6.07, 6.45) is 7.34. The number of alkyl carbamates (subject to hydrolysis) is 1. The molecule has 0 aromatic heterocycles. The van der Waals surface area contributed by atoms with Crippen LogP contribution in [0.25, 0.3) is 0 Å². The molecule has 3 rings (SSSR count). The highest BCUT2D eigenvalue weighted by Gasteiger charge is 2.36. The van der Waals surface area contributed by atoms with E-state index in [0.717, 1.165) is 6.42 Å². The van der Waals surface area contributed by atoms with Crippen LogP contribution in [0.5, 0.6) is 0 Å². The summed E-state index contributed by atoms with van der Waals surface area (Å²) in [6, 6.07) is -2.95. The second-order valence-corrected chi connectivity index (χ2v) is 13.5. The summed E-state index contributed by atoms with van der Waals surface area (Å²) in [5, 5.41) is 17.6. The third kappa shape index (κ3) is 10.1. The standard InChI is InChI=1S/C27H46N4O9S/c1-17(2)14-21(25(34)29-22(26(35)41(37,38)39)15-19-10-12-28-24(19)33)30-27(36)40-16-20-8-9-23(32)31(20)13-11-18-6-4-3-5-7-18/h17-22,26,35H,3-16H2,1-2H3,(H,28,33)(H,29,34)(H,30,36)(H,37,38,39)/p-1/t19-,20-,21-,22-,26?/m0/s1. The molecule has 3 aliphatic rings. The summed E-state index contributed by atoms with van der Waals surface area (Å²) < 4.78 is 40.1. The fourth-order valence-corrected chi connectivity index (χ4v) is 6.62. The van der Waals surface area contributed by atoms with E-state index in [-0.39, 0.29) is 43.2 Å². The van der Waals surface area contributed by atoms with Gasteiger partial charge < -0.3 is 35.2 Å². The first-order chi connectivity index (χ1) is 19.3. The van der Waals surface area contributed by atoms with Gasteiger partial charge in [0.15, 0.2) is 5.44 Å². The van der Waals surface area contributed by atoms with Crippen LogP contribution in [0.1, 0.15) is 84.5 Å². The Morgan fingerprint density at radius 3 is 2.44 bits per heavy atom. The highest BCUT2D eigenvalue weighted by atomic mass is 32.2. The first-order valence-electron chi connectivity index (χ1n) is 14.8. The van der Waals surface area contributed by atoms with Crippen molar-refractivity contribution in [2.24, 2.45) is 17.8 Å². The highest BCUT2D eigenvalue weighted by Crippen LogP contribution is 2.28. The average molecular weight is 602 g/mol.